The standard InChI is InChI=1S/C33H36N4O6/c1-6-13-23-19-26(29(38)35-25-17-12-11-16-24(25)31(40)43-33(3,4)5)37-28(23)34-20-27(30(37)39)36(18-7-2)32(41)42-21-22-14-9-8-10-15-22/h6-12,14-17,20,23,26H,1-2,13,18-19,21H2,3-5H3,(H,35,38). The van der Waals surface area contributed by atoms with Crippen molar-refractivity contribution in [1.29, 1.82) is 0 Å². The van der Waals surface area contributed by atoms with Gasteiger partial charge in [-0.05, 0) is 51.3 Å². The van der Waals surface area contributed by atoms with Crippen LogP contribution in [-0.4, -0.2) is 39.7 Å². The van der Waals surface area contributed by atoms with Crippen LogP contribution in [0.4, 0.5) is 16.2 Å². The van der Waals surface area contributed by atoms with Crippen molar-refractivity contribution in [2.45, 2.75) is 57.8 Å². The molecule has 3 aromatic rings. The van der Waals surface area contributed by atoms with Crippen LogP contribution in [0.3, 0.4) is 0 Å². The zero-order valence-electron chi connectivity index (χ0n) is 24.6. The second-order valence-corrected chi connectivity index (χ2v) is 11.1. The summed E-state index contributed by atoms with van der Waals surface area (Å²) >= 11 is 0. The monoisotopic (exact) mass is 584 g/mol. The van der Waals surface area contributed by atoms with Crippen molar-refractivity contribution < 1.29 is 23.9 Å². The Bertz CT molecular complexity index is 1570. The first kappa shape index (κ1) is 31.0. The lowest BCUT2D eigenvalue weighted by molar-refractivity contribution is -0.119. The Labute approximate surface area is 250 Å². The third-order valence-corrected chi connectivity index (χ3v) is 6.77. The molecular weight excluding hydrogens is 548 g/mol. The number of esters is 1. The second-order valence-electron chi connectivity index (χ2n) is 11.1. The number of amides is 2. The van der Waals surface area contributed by atoms with Crippen molar-refractivity contribution in [2.75, 3.05) is 16.8 Å². The molecule has 224 valence electrons. The highest BCUT2D eigenvalue weighted by Gasteiger charge is 2.38. The quantitative estimate of drug-likeness (QED) is 0.237. The van der Waals surface area contributed by atoms with Crippen molar-refractivity contribution >= 4 is 29.3 Å². The van der Waals surface area contributed by atoms with Crippen molar-refractivity contribution in [3.8, 4) is 0 Å². The van der Waals surface area contributed by atoms with E-state index in [2.05, 4.69) is 23.5 Å². The van der Waals surface area contributed by atoms with Crippen LogP contribution in [0.1, 0.15) is 67.3 Å². The van der Waals surface area contributed by atoms with Crippen molar-refractivity contribution in [1.82, 2.24) is 9.55 Å². The minimum atomic E-state index is -0.961. The van der Waals surface area contributed by atoms with E-state index in [9.17, 15) is 19.2 Å². The number of para-hydroxylation sites is 1. The van der Waals surface area contributed by atoms with E-state index >= 15 is 0 Å². The molecule has 2 aromatic carbocycles. The highest BCUT2D eigenvalue weighted by atomic mass is 16.6. The zero-order valence-corrected chi connectivity index (χ0v) is 24.6. The maximum absolute atomic E-state index is 14.0. The number of ether oxygens (including phenoxy) is 2. The lowest BCUT2D eigenvalue weighted by Gasteiger charge is -2.22. The van der Waals surface area contributed by atoms with Gasteiger partial charge in [-0.1, -0.05) is 54.6 Å². The highest BCUT2D eigenvalue weighted by molar-refractivity contribution is 6.02. The summed E-state index contributed by atoms with van der Waals surface area (Å²) in [6.45, 7) is 12.8. The van der Waals surface area contributed by atoms with Gasteiger partial charge in [0, 0.05) is 12.5 Å². The van der Waals surface area contributed by atoms with Gasteiger partial charge in [-0.25, -0.2) is 14.6 Å². The van der Waals surface area contributed by atoms with Gasteiger partial charge in [0.15, 0.2) is 0 Å². The molecule has 2 heterocycles. The number of carbonyl (C=O) groups excluding carboxylic acids is 3. The molecule has 0 radical (unpaired) electrons. The van der Waals surface area contributed by atoms with E-state index in [1.807, 2.05) is 30.3 Å². The normalized spacial score (nSPS) is 15.6. The molecule has 2 unspecified atom stereocenters. The predicted molar refractivity (Wildman–Crippen MR) is 164 cm³/mol. The van der Waals surface area contributed by atoms with Crippen LogP contribution in [0.15, 0.2) is 90.9 Å². The number of nitrogens with zero attached hydrogens (tertiary/aromatic N) is 3. The van der Waals surface area contributed by atoms with Crippen LogP contribution in [-0.2, 0) is 20.9 Å². The Morgan fingerprint density at radius 3 is 2.44 bits per heavy atom. The van der Waals surface area contributed by atoms with Crippen molar-refractivity contribution in [3.63, 3.8) is 0 Å². The molecule has 0 spiro atoms. The first-order valence-corrected chi connectivity index (χ1v) is 14.0. The number of carbonyl (C=O) groups is 3. The number of rotatable bonds is 10. The number of benzene rings is 2. The summed E-state index contributed by atoms with van der Waals surface area (Å²) < 4.78 is 12.3. The molecule has 10 nitrogen and oxygen atoms in total. The molecule has 10 heteroatoms. The Hall–Kier alpha value is -4.99. The number of hydrogen-bond donors (Lipinski definition) is 1. The van der Waals surface area contributed by atoms with E-state index < -0.39 is 35.2 Å². The van der Waals surface area contributed by atoms with Crippen LogP contribution >= 0.6 is 0 Å². The van der Waals surface area contributed by atoms with Crippen molar-refractivity contribution in [2.24, 2.45) is 0 Å². The molecule has 2 atom stereocenters. The van der Waals surface area contributed by atoms with Crippen LogP contribution in [0.25, 0.3) is 0 Å². The first-order valence-electron chi connectivity index (χ1n) is 14.0. The molecule has 0 saturated carbocycles. The van der Waals surface area contributed by atoms with E-state index in [0.29, 0.717) is 12.2 Å². The molecule has 0 fully saturated rings. The lowest BCUT2D eigenvalue weighted by Crippen LogP contribution is -2.40. The van der Waals surface area contributed by atoms with Crippen LogP contribution in [0, 0.1) is 0 Å². The van der Waals surface area contributed by atoms with Crippen LogP contribution in [0.2, 0.25) is 0 Å². The molecule has 2 amide bonds. The smallest absolute Gasteiger partial charge is 0.415 e. The lowest BCUT2D eigenvalue weighted by atomic mass is 10.00. The Kier molecular flexibility index (Phi) is 9.59. The minimum Gasteiger partial charge on any atom is -0.456 e. The van der Waals surface area contributed by atoms with Crippen molar-refractivity contribution in [3.05, 3.63) is 113 Å². The van der Waals surface area contributed by atoms with E-state index in [1.165, 1.54) is 16.8 Å². The second kappa shape index (κ2) is 13.3. The van der Waals surface area contributed by atoms with Gasteiger partial charge in [0.25, 0.3) is 5.56 Å². The zero-order chi connectivity index (χ0) is 31.1. The Balaban J connectivity index is 1.66. The fourth-order valence-electron chi connectivity index (χ4n) is 4.88. The van der Waals surface area contributed by atoms with Gasteiger partial charge < -0.3 is 14.8 Å². The number of allylic oxidation sites excluding steroid dienone is 1. The van der Waals surface area contributed by atoms with Crippen LogP contribution < -0.4 is 15.8 Å². The first-order chi connectivity index (χ1) is 20.5. The molecular formula is C33H36N4O6. The predicted octanol–water partition coefficient (Wildman–Crippen LogP) is 5.77. The Morgan fingerprint density at radius 2 is 1.77 bits per heavy atom. The summed E-state index contributed by atoms with van der Waals surface area (Å²) in [4.78, 5) is 59.4. The number of nitrogens with one attached hydrogen (secondary N) is 1. The fourth-order valence-corrected chi connectivity index (χ4v) is 4.88. The van der Waals surface area contributed by atoms with E-state index in [0.717, 1.165) is 10.5 Å². The molecule has 1 aliphatic rings. The Morgan fingerprint density at radius 1 is 1.07 bits per heavy atom. The average molecular weight is 585 g/mol. The van der Waals surface area contributed by atoms with Gasteiger partial charge in [-0.3, -0.25) is 19.1 Å². The molecule has 0 bridgehead atoms. The third kappa shape index (κ3) is 7.27. The van der Waals surface area contributed by atoms with Gasteiger partial charge in [-0.15, -0.1) is 13.2 Å². The number of anilines is 2. The maximum atomic E-state index is 14.0. The van der Waals surface area contributed by atoms with E-state index in [1.54, 1.807) is 51.1 Å². The van der Waals surface area contributed by atoms with Gasteiger partial charge in [-0.2, -0.15) is 0 Å². The SMILES string of the molecule is C=CCC1CC(C(=O)Nc2ccccc2C(=O)OC(C)(C)C)n2c1ncc(N(CC=C)C(=O)OCc1ccccc1)c2=O. The number of fused-ring (bicyclic) bond motifs is 1. The fraction of sp³-hybridized carbons (Fsp3) is 0.303. The topological polar surface area (TPSA) is 120 Å². The van der Waals surface area contributed by atoms with Crippen LogP contribution in [0.5, 0.6) is 0 Å². The van der Waals surface area contributed by atoms with Gasteiger partial charge in [0.2, 0.25) is 5.91 Å². The number of hydrogen-bond acceptors (Lipinski definition) is 7. The van der Waals surface area contributed by atoms with Gasteiger partial charge in [0.05, 0.1) is 17.4 Å². The molecule has 43 heavy (non-hydrogen) atoms. The summed E-state index contributed by atoms with van der Waals surface area (Å²) in [6.07, 6.45) is 4.52. The molecule has 0 aliphatic carbocycles. The molecule has 1 aromatic heterocycles. The molecule has 1 N–H and O–H groups in total. The highest BCUT2D eigenvalue weighted by Crippen LogP contribution is 2.37. The summed E-state index contributed by atoms with van der Waals surface area (Å²) in [7, 11) is 0. The molecule has 0 saturated heterocycles. The molecule has 1 aliphatic heterocycles. The summed E-state index contributed by atoms with van der Waals surface area (Å²) in [5.41, 5.74) is -0.127. The maximum Gasteiger partial charge on any atom is 0.415 e. The van der Waals surface area contributed by atoms with E-state index in [4.69, 9.17) is 9.47 Å². The molecule has 4 rings (SSSR count). The minimum absolute atomic E-state index is 0.0104. The summed E-state index contributed by atoms with van der Waals surface area (Å²) in [5, 5.41) is 2.81. The van der Waals surface area contributed by atoms with E-state index in [-0.39, 0.29) is 42.4 Å². The van der Waals surface area contributed by atoms with Gasteiger partial charge >= 0.3 is 12.1 Å². The largest absolute Gasteiger partial charge is 0.456 e. The third-order valence-electron chi connectivity index (χ3n) is 6.77. The number of aromatic nitrogens is 2. The average Bonchev–Trinajstić information content (AvgIpc) is 3.34. The van der Waals surface area contributed by atoms with Gasteiger partial charge in [0.1, 0.15) is 29.8 Å². The summed E-state index contributed by atoms with van der Waals surface area (Å²) in [6, 6.07) is 14.7. The summed E-state index contributed by atoms with van der Waals surface area (Å²) in [5.74, 6) is -0.943.